The summed E-state index contributed by atoms with van der Waals surface area (Å²) in [4.78, 5) is 0. The number of aromatic nitrogens is 2. The molecule has 0 spiro atoms. The van der Waals surface area contributed by atoms with Crippen molar-refractivity contribution in [1.82, 2.24) is 10.2 Å². The maximum Gasteiger partial charge on any atom is 0.419 e. The molecule has 2 aromatic rings. The van der Waals surface area contributed by atoms with Gasteiger partial charge in [0, 0.05) is 5.56 Å². The number of rotatable bonds is 12. The van der Waals surface area contributed by atoms with E-state index >= 15 is 0 Å². The molecule has 30 heavy (non-hydrogen) atoms. The molecule has 1 aromatic carbocycles. The molecule has 2 rings (SSSR count). The van der Waals surface area contributed by atoms with Crippen molar-refractivity contribution in [3.63, 3.8) is 0 Å². The Morgan fingerprint density at radius 3 is 2.37 bits per heavy atom. The van der Waals surface area contributed by atoms with Gasteiger partial charge >= 0.3 is 6.18 Å². The lowest BCUT2D eigenvalue weighted by molar-refractivity contribution is -0.138. The van der Waals surface area contributed by atoms with Crippen molar-refractivity contribution >= 4 is 11.3 Å². The monoisotopic (exact) mass is 445 g/mol. The summed E-state index contributed by atoms with van der Waals surface area (Å²) in [5.74, 6) is -0.180. The molecule has 3 N–H and O–H groups in total. The average molecular weight is 446 g/mol. The average Bonchev–Trinajstić information content (AvgIpc) is 3.20. The molecule has 0 aliphatic carbocycles. The molecule has 0 fully saturated rings. The quantitative estimate of drug-likeness (QED) is 0.421. The van der Waals surface area contributed by atoms with Gasteiger partial charge in [-0.3, -0.25) is 0 Å². The Morgan fingerprint density at radius 2 is 1.73 bits per heavy atom. The standard InChI is InChI=1S/C21H30F3N3O2S/c1-3-4-5-6-7-8-9-12-29-17-11-10-15(13-16(17)21(22,23)24)18-26-27-19(30-18)20(2,25)14-28/h10-11,13,28H,3-9,12,14,25H2,1-2H3/t20-/m0/s1. The van der Waals surface area contributed by atoms with Gasteiger partial charge in [0.1, 0.15) is 15.8 Å². The van der Waals surface area contributed by atoms with Crippen LogP contribution in [0.2, 0.25) is 0 Å². The van der Waals surface area contributed by atoms with E-state index in [1.165, 1.54) is 31.4 Å². The number of hydrogen-bond acceptors (Lipinski definition) is 6. The molecule has 1 heterocycles. The first-order chi connectivity index (χ1) is 14.2. The van der Waals surface area contributed by atoms with Crippen molar-refractivity contribution in [1.29, 1.82) is 0 Å². The number of halogens is 3. The first kappa shape index (κ1) is 24.6. The van der Waals surface area contributed by atoms with Crippen LogP contribution in [0.25, 0.3) is 10.6 Å². The fourth-order valence-corrected chi connectivity index (χ4v) is 3.78. The van der Waals surface area contributed by atoms with Gasteiger partial charge in [-0.1, -0.05) is 56.8 Å². The molecule has 1 atom stereocenters. The summed E-state index contributed by atoms with van der Waals surface area (Å²) in [6.45, 7) is 3.65. The van der Waals surface area contributed by atoms with Crippen LogP contribution in [-0.2, 0) is 11.7 Å². The number of aliphatic hydroxyl groups is 1. The van der Waals surface area contributed by atoms with Crippen molar-refractivity contribution < 1.29 is 23.0 Å². The van der Waals surface area contributed by atoms with Crippen LogP contribution in [0.4, 0.5) is 13.2 Å². The van der Waals surface area contributed by atoms with Gasteiger partial charge in [-0.15, -0.1) is 10.2 Å². The number of aliphatic hydroxyl groups excluding tert-OH is 1. The van der Waals surface area contributed by atoms with Crippen LogP contribution in [0, 0.1) is 0 Å². The van der Waals surface area contributed by atoms with E-state index in [1.54, 1.807) is 6.92 Å². The van der Waals surface area contributed by atoms with Crippen LogP contribution in [0.3, 0.4) is 0 Å². The zero-order chi connectivity index (χ0) is 22.2. The highest BCUT2D eigenvalue weighted by atomic mass is 32.1. The Balaban J connectivity index is 2.05. The van der Waals surface area contributed by atoms with E-state index < -0.39 is 17.3 Å². The largest absolute Gasteiger partial charge is 0.493 e. The van der Waals surface area contributed by atoms with Crippen LogP contribution in [0.15, 0.2) is 18.2 Å². The van der Waals surface area contributed by atoms with E-state index in [1.807, 2.05) is 0 Å². The molecule has 168 valence electrons. The molecule has 0 saturated heterocycles. The van der Waals surface area contributed by atoms with Gasteiger partial charge in [0.2, 0.25) is 0 Å². The Kier molecular flexibility index (Phi) is 9.06. The first-order valence-corrected chi connectivity index (χ1v) is 11.1. The Morgan fingerprint density at radius 1 is 1.07 bits per heavy atom. The first-order valence-electron chi connectivity index (χ1n) is 10.3. The zero-order valence-electron chi connectivity index (χ0n) is 17.5. The summed E-state index contributed by atoms with van der Waals surface area (Å²) in [6, 6.07) is 3.89. The number of hydrogen-bond donors (Lipinski definition) is 2. The van der Waals surface area contributed by atoms with Crippen LogP contribution in [0.1, 0.15) is 69.4 Å². The maximum absolute atomic E-state index is 13.6. The molecule has 0 aliphatic heterocycles. The minimum atomic E-state index is -4.55. The smallest absolute Gasteiger partial charge is 0.419 e. The highest BCUT2D eigenvalue weighted by Gasteiger charge is 2.35. The van der Waals surface area contributed by atoms with Gasteiger partial charge in [-0.05, 0) is 31.5 Å². The third kappa shape index (κ3) is 6.92. The number of alkyl halides is 3. The number of nitrogens with two attached hydrogens (primary N) is 1. The Bertz CT molecular complexity index is 794. The second kappa shape index (κ2) is 11.1. The van der Waals surface area contributed by atoms with E-state index in [4.69, 9.17) is 10.5 Å². The minimum absolute atomic E-state index is 0.180. The van der Waals surface area contributed by atoms with Gasteiger partial charge in [-0.2, -0.15) is 13.2 Å². The fraction of sp³-hybridized carbons (Fsp3) is 0.619. The topological polar surface area (TPSA) is 81.3 Å². The molecule has 0 bridgehead atoms. The highest BCUT2D eigenvalue weighted by molar-refractivity contribution is 7.14. The summed E-state index contributed by atoms with van der Waals surface area (Å²) in [6.07, 6.45) is 2.95. The third-order valence-electron chi connectivity index (χ3n) is 4.78. The van der Waals surface area contributed by atoms with E-state index in [-0.39, 0.29) is 24.5 Å². The molecule has 0 unspecified atom stereocenters. The van der Waals surface area contributed by atoms with Crippen molar-refractivity contribution in [2.75, 3.05) is 13.2 Å². The number of unbranched alkanes of at least 4 members (excludes halogenated alkanes) is 6. The van der Waals surface area contributed by atoms with E-state index in [0.717, 1.165) is 43.1 Å². The zero-order valence-corrected chi connectivity index (χ0v) is 18.3. The Labute approximate surface area is 179 Å². The molecular formula is C21H30F3N3O2S. The highest BCUT2D eigenvalue weighted by Crippen LogP contribution is 2.39. The van der Waals surface area contributed by atoms with Crippen LogP contribution >= 0.6 is 11.3 Å². The summed E-state index contributed by atoms with van der Waals surface area (Å²) in [5.41, 5.74) is 4.27. The summed E-state index contributed by atoms with van der Waals surface area (Å²) in [7, 11) is 0. The van der Waals surface area contributed by atoms with Crippen LogP contribution < -0.4 is 10.5 Å². The minimum Gasteiger partial charge on any atom is -0.493 e. The number of benzene rings is 1. The second-order valence-corrected chi connectivity index (χ2v) is 8.64. The van der Waals surface area contributed by atoms with Crippen molar-refractivity contribution in [2.45, 2.75) is 70.5 Å². The van der Waals surface area contributed by atoms with Gasteiger partial charge in [0.15, 0.2) is 0 Å². The lowest BCUT2D eigenvalue weighted by Gasteiger charge is -2.17. The number of nitrogens with zero attached hydrogens (tertiary/aromatic N) is 2. The predicted octanol–water partition coefficient (Wildman–Crippen LogP) is 5.52. The molecule has 0 aliphatic rings. The third-order valence-corrected chi connectivity index (χ3v) is 6.03. The van der Waals surface area contributed by atoms with Gasteiger partial charge < -0.3 is 15.6 Å². The van der Waals surface area contributed by atoms with Crippen LogP contribution in [-0.4, -0.2) is 28.5 Å². The lowest BCUT2D eigenvalue weighted by atomic mass is 10.1. The second-order valence-electron chi connectivity index (χ2n) is 7.67. The Hall–Kier alpha value is -1.71. The van der Waals surface area contributed by atoms with E-state index in [2.05, 4.69) is 17.1 Å². The maximum atomic E-state index is 13.6. The molecule has 0 radical (unpaired) electrons. The van der Waals surface area contributed by atoms with E-state index in [9.17, 15) is 18.3 Å². The van der Waals surface area contributed by atoms with Crippen LogP contribution in [0.5, 0.6) is 5.75 Å². The molecule has 0 saturated carbocycles. The molecule has 0 amide bonds. The SMILES string of the molecule is CCCCCCCCCOc1ccc(-c2nnc([C@@](C)(N)CO)s2)cc1C(F)(F)F. The molecular weight excluding hydrogens is 415 g/mol. The molecule has 5 nitrogen and oxygen atoms in total. The van der Waals surface area contributed by atoms with Crippen molar-refractivity contribution in [2.24, 2.45) is 5.73 Å². The molecule has 9 heteroatoms. The van der Waals surface area contributed by atoms with Crippen molar-refractivity contribution in [3.05, 3.63) is 28.8 Å². The fourth-order valence-electron chi connectivity index (χ4n) is 2.89. The lowest BCUT2D eigenvalue weighted by Crippen LogP contribution is -2.36. The summed E-state index contributed by atoms with van der Waals surface area (Å²) < 4.78 is 46.2. The molecule has 1 aromatic heterocycles. The van der Waals surface area contributed by atoms with E-state index in [0.29, 0.717) is 10.0 Å². The van der Waals surface area contributed by atoms with Gasteiger partial charge in [0.25, 0.3) is 0 Å². The van der Waals surface area contributed by atoms with Gasteiger partial charge in [0.05, 0.1) is 24.3 Å². The summed E-state index contributed by atoms with van der Waals surface area (Å²) >= 11 is 1.06. The van der Waals surface area contributed by atoms with Crippen molar-refractivity contribution in [3.8, 4) is 16.3 Å². The number of ether oxygens (including phenoxy) is 1. The van der Waals surface area contributed by atoms with Gasteiger partial charge in [-0.25, -0.2) is 0 Å². The predicted molar refractivity (Wildman–Crippen MR) is 112 cm³/mol. The normalized spacial score (nSPS) is 14.0. The summed E-state index contributed by atoms with van der Waals surface area (Å²) in [5, 5.41) is 17.9.